The van der Waals surface area contributed by atoms with Gasteiger partial charge in [0.1, 0.15) is 11.5 Å². The molecule has 0 saturated carbocycles. The molecule has 59 heavy (non-hydrogen) atoms. The van der Waals surface area contributed by atoms with Gasteiger partial charge in [-0.1, -0.05) is 194 Å². The van der Waals surface area contributed by atoms with Crippen LogP contribution < -0.4 is 9.64 Å². The van der Waals surface area contributed by atoms with E-state index in [9.17, 15) is 0 Å². The van der Waals surface area contributed by atoms with E-state index in [2.05, 4.69) is 229 Å². The van der Waals surface area contributed by atoms with Gasteiger partial charge in [-0.2, -0.15) is 0 Å². The van der Waals surface area contributed by atoms with Crippen LogP contribution in [0.5, 0.6) is 11.5 Å². The van der Waals surface area contributed by atoms with Gasteiger partial charge in [0.05, 0.1) is 11.1 Å². The number of ether oxygens (including phenoxy) is 1. The lowest BCUT2D eigenvalue weighted by molar-refractivity contribution is 0.447. The van der Waals surface area contributed by atoms with Gasteiger partial charge in [-0.05, 0) is 80.0 Å². The lowest BCUT2D eigenvalue weighted by Crippen LogP contribution is -2.32. The Bertz CT molecular complexity index is 3050. The fourth-order valence-corrected chi connectivity index (χ4v) is 9.91. The lowest BCUT2D eigenvalue weighted by Gasteiger charge is -2.40. The van der Waals surface area contributed by atoms with Crippen molar-refractivity contribution in [2.45, 2.75) is 5.41 Å². The van der Waals surface area contributed by atoms with Gasteiger partial charge in [0.25, 0.3) is 0 Å². The van der Waals surface area contributed by atoms with Crippen molar-refractivity contribution in [3.8, 4) is 44.9 Å². The van der Waals surface area contributed by atoms with E-state index in [1.165, 1.54) is 44.5 Å². The predicted molar refractivity (Wildman–Crippen MR) is 244 cm³/mol. The zero-order valence-corrected chi connectivity index (χ0v) is 32.2. The normalized spacial score (nSPS) is 13.0. The minimum absolute atomic E-state index is 0.640. The van der Waals surface area contributed by atoms with E-state index < -0.39 is 5.41 Å². The maximum atomic E-state index is 7.22. The number of anilines is 3. The van der Waals surface area contributed by atoms with Crippen LogP contribution in [0.15, 0.2) is 224 Å². The molecular weight excluding hydrogens is 715 g/mol. The zero-order valence-electron chi connectivity index (χ0n) is 32.2. The largest absolute Gasteiger partial charge is 0.455 e. The van der Waals surface area contributed by atoms with Crippen LogP contribution in [-0.2, 0) is 5.41 Å². The Kier molecular flexibility index (Phi) is 7.48. The monoisotopic (exact) mass is 751 g/mol. The highest BCUT2D eigenvalue weighted by Gasteiger charge is 2.52. The molecule has 1 spiro atoms. The summed E-state index contributed by atoms with van der Waals surface area (Å²) in [5.74, 6) is 1.84. The van der Waals surface area contributed by atoms with E-state index >= 15 is 0 Å². The van der Waals surface area contributed by atoms with Gasteiger partial charge in [0.15, 0.2) is 0 Å². The molecule has 0 radical (unpaired) electrons. The smallest absolute Gasteiger partial charge is 0.140 e. The predicted octanol–water partition coefficient (Wildman–Crippen LogP) is 15.3. The van der Waals surface area contributed by atoms with Crippen LogP contribution in [0.1, 0.15) is 22.3 Å². The Hall–Kier alpha value is -7.68. The molecule has 0 amide bonds. The number of fused-ring (bicyclic) bond motifs is 13. The molecule has 1 aliphatic heterocycles. The maximum Gasteiger partial charge on any atom is 0.140 e. The summed E-state index contributed by atoms with van der Waals surface area (Å²) in [5, 5.41) is 4.55. The van der Waals surface area contributed by atoms with Crippen molar-refractivity contribution in [2.24, 2.45) is 0 Å². The first-order valence-corrected chi connectivity index (χ1v) is 20.3. The molecule has 0 aromatic heterocycles. The second-order valence-electron chi connectivity index (χ2n) is 15.6. The third-order valence-electron chi connectivity index (χ3n) is 12.5. The highest BCUT2D eigenvalue weighted by Crippen LogP contribution is 2.65. The van der Waals surface area contributed by atoms with E-state index in [0.29, 0.717) is 0 Å². The first kappa shape index (κ1) is 33.5. The molecule has 10 aromatic rings. The molecule has 0 N–H and O–H groups in total. The first-order valence-electron chi connectivity index (χ1n) is 20.3. The van der Waals surface area contributed by atoms with Gasteiger partial charge in [-0.25, -0.2) is 0 Å². The zero-order chi connectivity index (χ0) is 38.9. The topological polar surface area (TPSA) is 12.5 Å². The van der Waals surface area contributed by atoms with Gasteiger partial charge in [0, 0.05) is 38.8 Å². The van der Waals surface area contributed by atoms with E-state index in [0.717, 1.165) is 61.2 Å². The Morgan fingerprint density at radius 3 is 1.34 bits per heavy atom. The summed E-state index contributed by atoms with van der Waals surface area (Å²) in [5.41, 5.74) is 14.7. The Labute approximate surface area is 343 Å². The molecule has 12 rings (SSSR count). The van der Waals surface area contributed by atoms with Crippen LogP contribution in [0.4, 0.5) is 17.1 Å². The van der Waals surface area contributed by atoms with Crippen molar-refractivity contribution in [1.82, 2.24) is 0 Å². The second kappa shape index (κ2) is 13.2. The number of hydrogen-bond donors (Lipinski definition) is 0. The summed E-state index contributed by atoms with van der Waals surface area (Å²) >= 11 is 0. The van der Waals surface area contributed by atoms with Crippen molar-refractivity contribution in [1.29, 1.82) is 0 Å². The molecular formula is C57H37NO. The molecule has 0 atom stereocenters. The molecule has 1 heterocycles. The molecule has 276 valence electrons. The molecule has 2 aliphatic rings. The van der Waals surface area contributed by atoms with Crippen molar-refractivity contribution in [3.63, 3.8) is 0 Å². The van der Waals surface area contributed by atoms with E-state index in [1.807, 2.05) is 0 Å². The quantitative estimate of drug-likeness (QED) is 0.174. The van der Waals surface area contributed by atoms with E-state index in [-0.39, 0.29) is 0 Å². The van der Waals surface area contributed by atoms with Gasteiger partial charge in [0.2, 0.25) is 0 Å². The third-order valence-corrected chi connectivity index (χ3v) is 12.5. The molecule has 10 aromatic carbocycles. The average Bonchev–Trinajstić information content (AvgIpc) is 3.61. The summed E-state index contributed by atoms with van der Waals surface area (Å²) in [6.45, 7) is 0. The Morgan fingerprint density at radius 1 is 0.322 bits per heavy atom. The number of rotatable bonds is 5. The van der Waals surface area contributed by atoms with Gasteiger partial charge in [-0.15, -0.1) is 0 Å². The van der Waals surface area contributed by atoms with Crippen molar-refractivity contribution in [3.05, 3.63) is 247 Å². The Morgan fingerprint density at radius 2 is 0.780 bits per heavy atom. The number of hydrogen-bond acceptors (Lipinski definition) is 2. The van der Waals surface area contributed by atoms with Crippen LogP contribution in [0, 0.1) is 0 Å². The van der Waals surface area contributed by atoms with Crippen LogP contribution in [0.3, 0.4) is 0 Å². The van der Waals surface area contributed by atoms with E-state index in [4.69, 9.17) is 4.74 Å². The standard InChI is InChI=1S/C57H37NO/c1-3-14-38(15-4-1)40-26-32-44(33-27-40)58(45-34-28-41(29-35-45)39-16-5-2-6-17-39)53-25-13-24-50-54(53)48-22-11-12-23-49(48)57(50)51-36-30-42-18-7-9-20-46(42)55(51)59-56-47-21-10-8-19-43(47)31-37-52(56)57/h1-37H. The molecule has 0 bridgehead atoms. The van der Waals surface area contributed by atoms with Crippen molar-refractivity contribution >= 4 is 38.6 Å². The van der Waals surface area contributed by atoms with Gasteiger partial charge >= 0.3 is 0 Å². The fourth-order valence-electron chi connectivity index (χ4n) is 9.91. The highest BCUT2D eigenvalue weighted by molar-refractivity contribution is 6.03. The Balaban J connectivity index is 1.14. The summed E-state index contributed by atoms with van der Waals surface area (Å²) in [4.78, 5) is 2.44. The molecule has 1 aliphatic carbocycles. The van der Waals surface area contributed by atoms with Crippen LogP contribution in [0.2, 0.25) is 0 Å². The van der Waals surface area contributed by atoms with Crippen molar-refractivity contribution in [2.75, 3.05) is 4.90 Å². The molecule has 2 nitrogen and oxygen atoms in total. The lowest BCUT2D eigenvalue weighted by atomic mass is 9.65. The molecule has 0 fully saturated rings. The number of nitrogens with zero attached hydrogens (tertiary/aromatic N) is 1. The summed E-state index contributed by atoms with van der Waals surface area (Å²) in [6.07, 6.45) is 0. The average molecular weight is 752 g/mol. The maximum absolute atomic E-state index is 7.22. The minimum atomic E-state index is -0.640. The summed E-state index contributed by atoms with van der Waals surface area (Å²) in [7, 11) is 0. The molecule has 0 unspecified atom stereocenters. The SMILES string of the molecule is c1ccc(-c2ccc(N(c3ccc(-c4ccccc4)cc3)c3cccc4c3-c3ccccc3C43c4ccc5ccccc5c4Oc4c3ccc3ccccc43)cc2)cc1. The molecule has 0 saturated heterocycles. The highest BCUT2D eigenvalue weighted by atomic mass is 16.5. The minimum Gasteiger partial charge on any atom is -0.455 e. The summed E-state index contributed by atoms with van der Waals surface area (Å²) in [6, 6.07) is 81.6. The van der Waals surface area contributed by atoms with Gasteiger partial charge in [-0.3, -0.25) is 0 Å². The fraction of sp³-hybridized carbons (Fsp3) is 0.0175. The second-order valence-corrected chi connectivity index (χ2v) is 15.6. The van der Waals surface area contributed by atoms with E-state index in [1.54, 1.807) is 0 Å². The van der Waals surface area contributed by atoms with Crippen LogP contribution in [0.25, 0.3) is 54.9 Å². The van der Waals surface area contributed by atoms with Crippen molar-refractivity contribution < 1.29 is 4.74 Å². The number of benzene rings is 10. The van der Waals surface area contributed by atoms with Gasteiger partial charge < -0.3 is 9.64 Å². The molecule has 2 heteroatoms. The first-order chi connectivity index (χ1) is 29.3. The summed E-state index contributed by atoms with van der Waals surface area (Å²) < 4.78 is 7.22. The van der Waals surface area contributed by atoms with Crippen LogP contribution >= 0.6 is 0 Å². The third kappa shape index (κ3) is 5.00. The van der Waals surface area contributed by atoms with Crippen LogP contribution in [-0.4, -0.2) is 0 Å².